The molecule has 0 saturated carbocycles. The van der Waals surface area contributed by atoms with Gasteiger partial charge in [0.25, 0.3) is 5.91 Å². The SMILES string of the molecule is CCOc1ccc(CN(C(=O)C(C)Oc2ccc(CC)cc2)C2CCS(=O)(=O)C2)cc1. The molecule has 2 unspecified atom stereocenters. The Morgan fingerprint density at radius 1 is 1.03 bits per heavy atom. The highest BCUT2D eigenvalue weighted by Crippen LogP contribution is 2.23. The number of benzene rings is 2. The summed E-state index contributed by atoms with van der Waals surface area (Å²) in [7, 11) is -3.13. The monoisotopic (exact) mass is 445 g/mol. The molecule has 0 spiro atoms. The largest absolute Gasteiger partial charge is 0.494 e. The maximum Gasteiger partial charge on any atom is 0.263 e. The molecule has 0 aromatic heterocycles. The Morgan fingerprint density at radius 2 is 1.65 bits per heavy atom. The van der Waals surface area contributed by atoms with Crippen LogP contribution in [0, 0.1) is 0 Å². The second-order valence-corrected chi connectivity index (χ2v) is 10.1. The number of aryl methyl sites for hydroxylation is 1. The summed E-state index contributed by atoms with van der Waals surface area (Å²) in [5, 5.41) is 0. The lowest BCUT2D eigenvalue weighted by molar-refractivity contribution is -0.140. The minimum Gasteiger partial charge on any atom is -0.494 e. The number of nitrogens with zero attached hydrogens (tertiary/aromatic N) is 1. The van der Waals surface area contributed by atoms with E-state index in [9.17, 15) is 13.2 Å². The second-order valence-electron chi connectivity index (χ2n) is 7.86. The van der Waals surface area contributed by atoms with Crippen molar-refractivity contribution in [2.75, 3.05) is 18.1 Å². The molecule has 1 fully saturated rings. The zero-order valence-corrected chi connectivity index (χ0v) is 19.2. The normalized spacial score (nSPS) is 18.4. The first-order valence-corrected chi connectivity index (χ1v) is 12.6. The fourth-order valence-electron chi connectivity index (χ4n) is 3.75. The highest BCUT2D eigenvalue weighted by molar-refractivity contribution is 7.91. The molecule has 0 bridgehead atoms. The maximum absolute atomic E-state index is 13.3. The molecule has 0 N–H and O–H groups in total. The first kappa shape index (κ1) is 23.1. The summed E-state index contributed by atoms with van der Waals surface area (Å²) in [6.07, 6.45) is 0.655. The average molecular weight is 446 g/mol. The topological polar surface area (TPSA) is 72.9 Å². The van der Waals surface area contributed by atoms with Crippen molar-refractivity contribution in [2.45, 2.75) is 52.3 Å². The van der Waals surface area contributed by atoms with Gasteiger partial charge in [-0.3, -0.25) is 4.79 Å². The molecule has 1 aliphatic heterocycles. The van der Waals surface area contributed by atoms with E-state index < -0.39 is 15.9 Å². The van der Waals surface area contributed by atoms with E-state index in [-0.39, 0.29) is 23.5 Å². The molecule has 6 nitrogen and oxygen atoms in total. The molecular formula is C24H31NO5S. The Morgan fingerprint density at radius 3 is 2.19 bits per heavy atom. The van der Waals surface area contributed by atoms with Crippen LogP contribution in [-0.2, 0) is 27.6 Å². The number of hydrogen-bond donors (Lipinski definition) is 0. The fourth-order valence-corrected chi connectivity index (χ4v) is 5.49. The van der Waals surface area contributed by atoms with Crippen LogP contribution in [0.2, 0.25) is 0 Å². The fraction of sp³-hybridized carbons (Fsp3) is 0.458. The second kappa shape index (κ2) is 10.2. The van der Waals surface area contributed by atoms with Crippen molar-refractivity contribution in [3.05, 3.63) is 59.7 Å². The smallest absolute Gasteiger partial charge is 0.263 e. The number of carbonyl (C=O) groups is 1. The van der Waals surface area contributed by atoms with Crippen molar-refractivity contribution < 1.29 is 22.7 Å². The summed E-state index contributed by atoms with van der Waals surface area (Å²) < 4.78 is 35.5. The van der Waals surface area contributed by atoms with Crippen LogP contribution in [0.4, 0.5) is 0 Å². The van der Waals surface area contributed by atoms with E-state index in [2.05, 4.69) is 6.92 Å². The van der Waals surface area contributed by atoms with Gasteiger partial charge in [-0.05, 0) is 62.1 Å². The summed E-state index contributed by atoms with van der Waals surface area (Å²) in [5.74, 6) is 1.28. The van der Waals surface area contributed by atoms with Gasteiger partial charge in [0, 0.05) is 12.6 Å². The maximum atomic E-state index is 13.3. The lowest BCUT2D eigenvalue weighted by atomic mass is 10.1. The van der Waals surface area contributed by atoms with Crippen molar-refractivity contribution >= 4 is 15.7 Å². The van der Waals surface area contributed by atoms with E-state index in [0.29, 0.717) is 25.3 Å². The van der Waals surface area contributed by atoms with Gasteiger partial charge in [0.15, 0.2) is 15.9 Å². The molecule has 1 heterocycles. The molecule has 168 valence electrons. The molecule has 0 radical (unpaired) electrons. The zero-order chi connectivity index (χ0) is 22.4. The number of hydrogen-bond acceptors (Lipinski definition) is 5. The Hall–Kier alpha value is -2.54. The summed E-state index contributed by atoms with van der Waals surface area (Å²) in [4.78, 5) is 15.0. The predicted molar refractivity (Wildman–Crippen MR) is 121 cm³/mol. The van der Waals surface area contributed by atoms with E-state index in [4.69, 9.17) is 9.47 Å². The number of rotatable bonds is 9. The lowest BCUT2D eigenvalue weighted by Gasteiger charge is -2.31. The van der Waals surface area contributed by atoms with Crippen molar-refractivity contribution in [2.24, 2.45) is 0 Å². The van der Waals surface area contributed by atoms with Gasteiger partial charge in [-0.15, -0.1) is 0 Å². The Labute approximate surface area is 185 Å². The zero-order valence-electron chi connectivity index (χ0n) is 18.4. The van der Waals surface area contributed by atoms with Crippen LogP contribution in [-0.4, -0.2) is 49.5 Å². The third kappa shape index (κ3) is 6.23. The Kier molecular flexibility index (Phi) is 7.59. The van der Waals surface area contributed by atoms with Crippen molar-refractivity contribution in [1.29, 1.82) is 0 Å². The van der Waals surface area contributed by atoms with Gasteiger partial charge in [-0.2, -0.15) is 0 Å². The van der Waals surface area contributed by atoms with Crippen LogP contribution in [0.25, 0.3) is 0 Å². The molecule has 1 aliphatic rings. The van der Waals surface area contributed by atoms with Gasteiger partial charge in [0.1, 0.15) is 11.5 Å². The molecule has 2 aromatic rings. The molecule has 2 aromatic carbocycles. The molecule has 0 aliphatic carbocycles. The Bertz CT molecular complexity index is 970. The first-order chi connectivity index (χ1) is 14.8. The number of ether oxygens (including phenoxy) is 2. The quantitative estimate of drug-likeness (QED) is 0.589. The van der Waals surface area contributed by atoms with E-state index in [1.54, 1.807) is 11.8 Å². The van der Waals surface area contributed by atoms with Crippen molar-refractivity contribution in [3.8, 4) is 11.5 Å². The first-order valence-electron chi connectivity index (χ1n) is 10.8. The summed E-state index contributed by atoms with van der Waals surface area (Å²) >= 11 is 0. The minimum absolute atomic E-state index is 0.00626. The third-order valence-corrected chi connectivity index (χ3v) is 7.26. The van der Waals surface area contributed by atoms with Gasteiger partial charge >= 0.3 is 0 Å². The average Bonchev–Trinajstić information content (AvgIpc) is 3.12. The van der Waals surface area contributed by atoms with Crippen LogP contribution >= 0.6 is 0 Å². The van der Waals surface area contributed by atoms with Gasteiger partial charge < -0.3 is 14.4 Å². The number of carbonyl (C=O) groups excluding carboxylic acids is 1. The number of amides is 1. The van der Waals surface area contributed by atoms with Crippen molar-refractivity contribution in [3.63, 3.8) is 0 Å². The van der Waals surface area contributed by atoms with Crippen molar-refractivity contribution in [1.82, 2.24) is 4.90 Å². The van der Waals surface area contributed by atoms with Gasteiger partial charge in [0.2, 0.25) is 0 Å². The highest BCUT2D eigenvalue weighted by Gasteiger charge is 2.36. The Balaban J connectivity index is 1.76. The number of sulfone groups is 1. The summed E-state index contributed by atoms with van der Waals surface area (Å²) in [6.45, 7) is 6.62. The van der Waals surface area contributed by atoms with E-state index in [1.165, 1.54) is 5.56 Å². The minimum atomic E-state index is -3.13. The summed E-state index contributed by atoms with van der Waals surface area (Å²) in [6, 6.07) is 14.9. The van der Waals surface area contributed by atoms with Crippen LogP contribution in [0.1, 0.15) is 38.3 Å². The lowest BCUT2D eigenvalue weighted by Crippen LogP contribution is -2.46. The highest BCUT2D eigenvalue weighted by atomic mass is 32.2. The van der Waals surface area contributed by atoms with Crippen LogP contribution in [0.15, 0.2) is 48.5 Å². The molecule has 31 heavy (non-hydrogen) atoms. The van der Waals surface area contributed by atoms with Gasteiger partial charge in [-0.1, -0.05) is 31.2 Å². The summed E-state index contributed by atoms with van der Waals surface area (Å²) in [5.41, 5.74) is 2.11. The molecule has 1 amide bonds. The third-order valence-electron chi connectivity index (χ3n) is 5.51. The van der Waals surface area contributed by atoms with Crippen LogP contribution < -0.4 is 9.47 Å². The molecule has 7 heteroatoms. The molecule has 3 rings (SSSR count). The van der Waals surface area contributed by atoms with E-state index >= 15 is 0 Å². The predicted octanol–water partition coefficient (Wildman–Crippen LogP) is 3.63. The van der Waals surface area contributed by atoms with Gasteiger partial charge in [0.05, 0.1) is 18.1 Å². The van der Waals surface area contributed by atoms with Gasteiger partial charge in [-0.25, -0.2) is 8.42 Å². The standard InChI is InChI=1S/C24H31NO5S/c1-4-19-6-12-23(13-7-19)30-18(3)24(26)25(21-14-15-31(27,28)17-21)16-20-8-10-22(11-9-20)29-5-2/h6-13,18,21H,4-5,14-17H2,1-3H3. The molecular weight excluding hydrogens is 414 g/mol. The molecule has 1 saturated heterocycles. The van der Waals surface area contributed by atoms with Crippen LogP contribution in [0.3, 0.4) is 0 Å². The van der Waals surface area contributed by atoms with Crippen LogP contribution in [0.5, 0.6) is 11.5 Å². The van der Waals surface area contributed by atoms with E-state index in [0.717, 1.165) is 17.7 Å². The molecule has 2 atom stereocenters. The van der Waals surface area contributed by atoms with E-state index in [1.807, 2.05) is 55.5 Å².